The molecule has 3 nitrogen and oxygen atoms in total. The number of hydrogen-bond acceptors (Lipinski definition) is 3. The van der Waals surface area contributed by atoms with Crippen molar-refractivity contribution in [2.45, 2.75) is 31.6 Å². The highest BCUT2D eigenvalue weighted by Gasteiger charge is 2.42. The molecule has 0 amide bonds. The number of aromatic amines is 1. The van der Waals surface area contributed by atoms with Gasteiger partial charge >= 0.3 is 0 Å². The predicted molar refractivity (Wildman–Crippen MR) is 93.2 cm³/mol. The molecule has 112 valence electrons. The highest BCUT2D eigenvalue weighted by Crippen LogP contribution is 2.51. The fraction of sp³-hybridized carbons (Fsp3) is 0.294. The smallest absolute Gasteiger partial charge is 0.104 e. The zero-order valence-electron chi connectivity index (χ0n) is 12.3. The van der Waals surface area contributed by atoms with Crippen LogP contribution in [0.1, 0.15) is 35.5 Å². The average Bonchev–Trinajstić information content (AvgIpc) is 3.09. The van der Waals surface area contributed by atoms with E-state index in [-0.39, 0.29) is 5.41 Å². The summed E-state index contributed by atoms with van der Waals surface area (Å²) in [6.45, 7) is 2.05. The van der Waals surface area contributed by atoms with Gasteiger partial charge in [0.1, 0.15) is 5.01 Å². The standard InChI is InChI=1S/C17H16BrN3S/c1-11-14(9-20-21-11)15-10-19-16(22-15)17(7-2-8-17)12-3-5-13(18)6-4-12/h3-6,9-10H,2,7-8H2,1H3,(H,20,21). The molecule has 3 aromatic rings. The van der Waals surface area contributed by atoms with E-state index in [4.69, 9.17) is 4.98 Å². The zero-order chi connectivity index (χ0) is 15.2. The number of rotatable bonds is 3. The first kappa shape index (κ1) is 14.2. The predicted octanol–water partition coefficient (Wildman–Crippen LogP) is 5.07. The second kappa shape index (κ2) is 5.32. The van der Waals surface area contributed by atoms with E-state index in [0.29, 0.717) is 0 Å². The first-order valence-corrected chi connectivity index (χ1v) is 9.03. The van der Waals surface area contributed by atoms with Crippen molar-refractivity contribution < 1.29 is 0 Å². The molecule has 0 radical (unpaired) electrons. The lowest BCUT2D eigenvalue weighted by atomic mass is 9.65. The summed E-state index contributed by atoms with van der Waals surface area (Å²) in [5, 5.41) is 8.36. The van der Waals surface area contributed by atoms with Gasteiger partial charge in [-0.15, -0.1) is 11.3 Å². The van der Waals surface area contributed by atoms with E-state index in [2.05, 4.69) is 57.3 Å². The normalized spacial score (nSPS) is 16.5. The molecule has 1 saturated carbocycles. The lowest BCUT2D eigenvalue weighted by Gasteiger charge is -2.40. The fourth-order valence-corrected chi connectivity index (χ4v) is 4.66. The minimum absolute atomic E-state index is 0.112. The Balaban J connectivity index is 1.75. The van der Waals surface area contributed by atoms with E-state index >= 15 is 0 Å². The topological polar surface area (TPSA) is 41.6 Å². The summed E-state index contributed by atoms with van der Waals surface area (Å²) in [6, 6.07) is 8.72. The number of nitrogens with one attached hydrogen (secondary N) is 1. The lowest BCUT2D eigenvalue weighted by molar-refractivity contribution is 0.300. The zero-order valence-corrected chi connectivity index (χ0v) is 14.7. The average molecular weight is 374 g/mol. The highest BCUT2D eigenvalue weighted by molar-refractivity contribution is 9.10. The maximum Gasteiger partial charge on any atom is 0.104 e. The molecule has 0 aliphatic heterocycles. The van der Waals surface area contributed by atoms with Crippen LogP contribution in [0.3, 0.4) is 0 Å². The molecule has 0 unspecified atom stereocenters. The summed E-state index contributed by atoms with van der Waals surface area (Å²) in [7, 11) is 0. The Morgan fingerprint density at radius 2 is 1.95 bits per heavy atom. The number of thiazole rings is 1. The summed E-state index contributed by atoms with van der Waals surface area (Å²) in [5.41, 5.74) is 3.75. The van der Waals surface area contributed by atoms with Crippen LogP contribution < -0.4 is 0 Å². The second-order valence-corrected chi connectivity index (χ2v) is 7.83. The largest absolute Gasteiger partial charge is 0.282 e. The first-order chi connectivity index (χ1) is 10.7. The highest BCUT2D eigenvalue weighted by atomic mass is 79.9. The number of aromatic nitrogens is 3. The molecule has 0 bridgehead atoms. The van der Waals surface area contributed by atoms with Crippen molar-refractivity contribution in [3.63, 3.8) is 0 Å². The Hall–Kier alpha value is -1.46. The molecule has 5 heteroatoms. The quantitative estimate of drug-likeness (QED) is 0.695. The molecule has 1 fully saturated rings. The molecular formula is C17H16BrN3S. The van der Waals surface area contributed by atoms with Crippen molar-refractivity contribution in [3.8, 4) is 10.4 Å². The Bertz CT molecular complexity index is 799. The molecule has 1 aliphatic rings. The molecular weight excluding hydrogens is 358 g/mol. The third-order valence-electron chi connectivity index (χ3n) is 4.61. The van der Waals surface area contributed by atoms with Crippen LogP contribution in [0.4, 0.5) is 0 Å². The summed E-state index contributed by atoms with van der Waals surface area (Å²) in [5.74, 6) is 0. The van der Waals surface area contributed by atoms with Crippen LogP contribution in [0.15, 0.2) is 41.1 Å². The van der Waals surface area contributed by atoms with Gasteiger partial charge in [-0.3, -0.25) is 5.10 Å². The van der Waals surface area contributed by atoms with E-state index < -0.39 is 0 Å². The summed E-state index contributed by atoms with van der Waals surface area (Å²) in [4.78, 5) is 5.97. The van der Waals surface area contributed by atoms with Crippen molar-refractivity contribution in [1.29, 1.82) is 0 Å². The maximum absolute atomic E-state index is 4.77. The van der Waals surface area contributed by atoms with Crippen LogP contribution in [0.2, 0.25) is 0 Å². The third-order valence-corrected chi connectivity index (χ3v) is 6.38. The number of benzene rings is 1. The number of H-pyrrole nitrogens is 1. The van der Waals surface area contributed by atoms with E-state index in [1.165, 1.54) is 34.7 Å². The molecule has 0 saturated heterocycles. The van der Waals surface area contributed by atoms with E-state index in [0.717, 1.165) is 15.7 Å². The lowest BCUT2D eigenvalue weighted by Crippen LogP contribution is -2.35. The van der Waals surface area contributed by atoms with Gasteiger partial charge in [0.25, 0.3) is 0 Å². The van der Waals surface area contributed by atoms with Crippen LogP contribution in [0.25, 0.3) is 10.4 Å². The van der Waals surface area contributed by atoms with Gasteiger partial charge in [0.15, 0.2) is 0 Å². The van der Waals surface area contributed by atoms with Crippen molar-refractivity contribution in [3.05, 3.63) is 57.4 Å². The van der Waals surface area contributed by atoms with Crippen LogP contribution in [-0.4, -0.2) is 15.2 Å². The number of hydrogen-bond donors (Lipinski definition) is 1. The van der Waals surface area contributed by atoms with Gasteiger partial charge in [-0.25, -0.2) is 4.98 Å². The van der Waals surface area contributed by atoms with Gasteiger partial charge in [0.2, 0.25) is 0 Å². The van der Waals surface area contributed by atoms with Crippen LogP contribution in [0.5, 0.6) is 0 Å². The van der Waals surface area contributed by atoms with Gasteiger partial charge < -0.3 is 0 Å². The Morgan fingerprint density at radius 3 is 2.55 bits per heavy atom. The number of halogens is 1. The number of aryl methyl sites for hydroxylation is 1. The van der Waals surface area contributed by atoms with Crippen molar-refractivity contribution in [1.82, 2.24) is 15.2 Å². The minimum Gasteiger partial charge on any atom is -0.282 e. The molecule has 2 aromatic heterocycles. The van der Waals surface area contributed by atoms with Crippen molar-refractivity contribution in [2.24, 2.45) is 0 Å². The molecule has 1 aliphatic carbocycles. The maximum atomic E-state index is 4.77. The number of nitrogens with zero attached hydrogens (tertiary/aromatic N) is 2. The van der Waals surface area contributed by atoms with Gasteiger partial charge in [-0.05, 0) is 37.5 Å². The van der Waals surface area contributed by atoms with Crippen molar-refractivity contribution in [2.75, 3.05) is 0 Å². The van der Waals surface area contributed by atoms with Crippen LogP contribution >= 0.6 is 27.3 Å². The first-order valence-electron chi connectivity index (χ1n) is 7.42. The van der Waals surface area contributed by atoms with Gasteiger partial charge in [0.05, 0.1) is 11.1 Å². The molecule has 1 aromatic carbocycles. The third kappa shape index (κ3) is 2.15. The van der Waals surface area contributed by atoms with Gasteiger partial charge in [0, 0.05) is 27.3 Å². The van der Waals surface area contributed by atoms with E-state index in [9.17, 15) is 0 Å². The minimum atomic E-state index is 0.112. The molecule has 0 spiro atoms. The molecule has 1 N–H and O–H groups in total. The molecule has 4 rings (SSSR count). The van der Waals surface area contributed by atoms with E-state index in [1.54, 1.807) is 11.3 Å². The SMILES string of the molecule is Cc1[nH]ncc1-c1cnc(C2(c3ccc(Br)cc3)CCC2)s1. The fourth-order valence-electron chi connectivity index (χ4n) is 3.14. The molecule has 0 atom stereocenters. The Kier molecular flexibility index (Phi) is 3.42. The van der Waals surface area contributed by atoms with Gasteiger partial charge in [-0.1, -0.05) is 34.5 Å². The Labute approximate surface area is 141 Å². The van der Waals surface area contributed by atoms with Crippen LogP contribution in [0, 0.1) is 6.92 Å². The monoisotopic (exact) mass is 373 g/mol. The van der Waals surface area contributed by atoms with Crippen LogP contribution in [-0.2, 0) is 5.41 Å². The van der Waals surface area contributed by atoms with E-state index in [1.807, 2.05) is 12.4 Å². The molecule has 22 heavy (non-hydrogen) atoms. The molecule has 2 heterocycles. The van der Waals surface area contributed by atoms with Gasteiger partial charge in [-0.2, -0.15) is 5.10 Å². The summed E-state index contributed by atoms with van der Waals surface area (Å²) < 4.78 is 1.12. The van der Waals surface area contributed by atoms with Crippen molar-refractivity contribution >= 4 is 27.3 Å². The summed E-state index contributed by atoms with van der Waals surface area (Å²) in [6.07, 6.45) is 7.53. The second-order valence-electron chi connectivity index (χ2n) is 5.88. The summed E-state index contributed by atoms with van der Waals surface area (Å²) >= 11 is 5.33. The Morgan fingerprint density at radius 1 is 1.18 bits per heavy atom.